The Morgan fingerprint density at radius 2 is 1.75 bits per heavy atom. The Morgan fingerprint density at radius 1 is 0.950 bits per heavy atom. The normalized spacial score (nSPS) is 24.6. The van der Waals surface area contributed by atoms with Crippen LogP contribution < -0.4 is 20.4 Å². The Bertz CT molecular complexity index is 2240. The van der Waals surface area contributed by atoms with Crippen LogP contribution in [0.5, 0.6) is 5.75 Å². The van der Waals surface area contributed by atoms with Crippen LogP contribution in [0.25, 0.3) is 11.3 Å². The van der Waals surface area contributed by atoms with Gasteiger partial charge in [-0.1, -0.05) is 12.1 Å². The lowest BCUT2D eigenvalue weighted by Crippen LogP contribution is -2.73. The molecule has 5 amide bonds. The van der Waals surface area contributed by atoms with Crippen molar-refractivity contribution < 1.29 is 37.5 Å². The number of aromatic hydroxyl groups is 1. The average Bonchev–Trinajstić information content (AvgIpc) is 3.55. The maximum atomic E-state index is 15.3. The lowest BCUT2D eigenvalue weighted by atomic mass is 9.90. The quantitative estimate of drug-likeness (QED) is 0.311. The zero-order valence-electron chi connectivity index (χ0n) is 33.7. The van der Waals surface area contributed by atoms with Crippen molar-refractivity contribution in [1.82, 2.24) is 35.1 Å². The number of piperazine rings is 2. The fourth-order valence-corrected chi connectivity index (χ4v) is 10.1. The number of fused-ring (bicyclic) bond motifs is 4. The van der Waals surface area contributed by atoms with Gasteiger partial charge in [0.25, 0.3) is 12.3 Å². The van der Waals surface area contributed by atoms with Crippen molar-refractivity contribution in [3.63, 3.8) is 0 Å². The minimum atomic E-state index is -2.83. The van der Waals surface area contributed by atoms with Crippen molar-refractivity contribution in [2.45, 2.75) is 69.6 Å². The summed E-state index contributed by atoms with van der Waals surface area (Å²) in [5.74, 6) is -1.61. The molecule has 0 bridgehead atoms. The number of amides is 5. The first kappa shape index (κ1) is 39.8. The number of nitrogens with zero attached hydrogens (tertiary/aromatic N) is 8. The van der Waals surface area contributed by atoms with Gasteiger partial charge in [0.2, 0.25) is 11.8 Å². The van der Waals surface area contributed by atoms with Crippen molar-refractivity contribution in [2.75, 3.05) is 80.6 Å². The van der Waals surface area contributed by atoms with Crippen LogP contribution in [0.4, 0.5) is 35.2 Å². The summed E-state index contributed by atoms with van der Waals surface area (Å²) in [6, 6.07) is 10.6. The van der Waals surface area contributed by atoms with Gasteiger partial charge < -0.3 is 34.9 Å². The molecule has 1 aromatic heterocycles. The molecule has 2 aromatic carbocycles. The molecule has 2 atom stereocenters. The molecule has 9 rings (SSSR count). The lowest BCUT2D eigenvalue weighted by molar-refractivity contribution is -0.136. The molecule has 6 aliphatic rings. The number of imide groups is 1. The first-order valence-electron chi connectivity index (χ1n) is 20.7. The van der Waals surface area contributed by atoms with Gasteiger partial charge in [-0.15, -0.1) is 10.2 Å². The van der Waals surface area contributed by atoms with E-state index < -0.39 is 41.0 Å². The SMILES string of the molecule is CC1(C)CN(CC2CCN(c3ccc4c(c3)C(=O)N([C@H]3CCC(=O)NC3=O)C4)CC2)CCN1C(=O)N1CCN2c3cc(-c4cccc(F)c4O)nnc3NC[C@]2(C(F)F)C1. The molecule has 3 aromatic rings. The average molecular weight is 831 g/mol. The standard InChI is InChI=1S/C42H49F3N10O5/c1-41(2)23-50(20-25-10-12-51(13-11-25)27-7-6-26-21-53(38(59)29(26)18-27)32-8-9-34(56)47-37(32)58)14-16-55(41)40(60)52-15-17-54-33-19-31(28-4-3-5-30(43)35(28)57)48-49-36(33)46-22-42(54,24-52)39(44)45/h3-7,18-19,25,32,39,57H,8-17,20-24H2,1-2H3,(H,46,49)(H,47,56,58)/t32-,42+/m0/s1. The highest BCUT2D eigenvalue weighted by molar-refractivity contribution is 6.05. The summed E-state index contributed by atoms with van der Waals surface area (Å²) in [6.45, 7) is 8.63. The largest absolute Gasteiger partial charge is 0.504 e. The molecular formula is C42H49F3N10O5. The summed E-state index contributed by atoms with van der Waals surface area (Å²) < 4.78 is 44.7. The number of urea groups is 1. The first-order chi connectivity index (χ1) is 28.7. The van der Waals surface area contributed by atoms with Gasteiger partial charge in [0, 0.05) is 88.7 Å². The number of para-hydroxylation sites is 1. The van der Waals surface area contributed by atoms with E-state index in [-0.39, 0.29) is 61.7 Å². The third kappa shape index (κ3) is 6.91. The molecule has 0 saturated carbocycles. The molecule has 6 aliphatic heterocycles. The molecule has 15 nitrogen and oxygen atoms in total. The first-order valence-corrected chi connectivity index (χ1v) is 20.7. The van der Waals surface area contributed by atoms with Crippen molar-refractivity contribution in [1.29, 1.82) is 0 Å². The second kappa shape index (κ2) is 15.1. The molecule has 0 unspecified atom stereocenters. The van der Waals surface area contributed by atoms with E-state index in [1.54, 1.807) is 9.80 Å². The zero-order valence-corrected chi connectivity index (χ0v) is 33.7. The number of halogens is 3. The number of aromatic nitrogens is 2. The molecule has 0 aliphatic carbocycles. The zero-order chi connectivity index (χ0) is 42.1. The van der Waals surface area contributed by atoms with Crippen molar-refractivity contribution in [3.05, 3.63) is 59.4 Å². The van der Waals surface area contributed by atoms with Crippen LogP contribution in [-0.2, 0) is 16.1 Å². The van der Waals surface area contributed by atoms with E-state index in [0.717, 1.165) is 49.8 Å². The topological polar surface area (TPSA) is 158 Å². The van der Waals surface area contributed by atoms with Crippen molar-refractivity contribution in [3.8, 4) is 17.0 Å². The second-order valence-corrected chi connectivity index (χ2v) is 17.6. The minimum absolute atomic E-state index is 0.0932. The Hall–Kier alpha value is -5.65. The molecule has 18 heteroatoms. The molecule has 3 N–H and O–H groups in total. The van der Waals surface area contributed by atoms with E-state index in [1.165, 1.54) is 23.1 Å². The Kier molecular flexibility index (Phi) is 10.0. The summed E-state index contributed by atoms with van der Waals surface area (Å²) in [6.07, 6.45) is -0.368. The number of phenols is 1. The van der Waals surface area contributed by atoms with E-state index in [0.29, 0.717) is 55.6 Å². The van der Waals surface area contributed by atoms with Gasteiger partial charge in [0.15, 0.2) is 17.4 Å². The van der Waals surface area contributed by atoms with E-state index in [2.05, 4.69) is 30.6 Å². The van der Waals surface area contributed by atoms with Gasteiger partial charge in [0.05, 0.1) is 23.5 Å². The third-order valence-electron chi connectivity index (χ3n) is 13.4. The fourth-order valence-electron chi connectivity index (χ4n) is 10.1. The fraction of sp³-hybridized carbons (Fsp3) is 0.524. The maximum absolute atomic E-state index is 15.3. The summed E-state index contributed by atoms with van der Waals surface area (Å²) in [5.41, 5.74) is 0.735. The monoisotopic (exact) mass is 830 g/mol. The molecule has 60 heavy (non-hydrogen) atoms. The Morgan fingerprint density at radius 3 is 2.50 bits per heavy atom. The van der Waals surface area contributed by atoms with E-state index >= 15 is 8.78 Å². The van der Waals surface area contributed by atoms with E-state index in [1.807, 2.05) is 36.9 Å². The lowest BCUT2D eigenvalue weighted by Gasteiger charge is -2.55. The molecule has 318 valence electrons. The summed E-state index contributed by atoms with van der Waals surface area (Å²) >= 11 is 0. The molecule has 7 heterocycles. The number of benzene rings is 2. The third-order valence-corrected chi connectivity index (χ3v) is 13.4. The van der Waals surface area contributed by atoms with Crippen molar-refractivity contribution in [2.24, 2.45) is 5.92 Å². The summed E-state index contributed by atoms with van der Waals surface area (Å²) in [4.78, 5) is 63.0. The predicted molar refractivity (Wildman–Crippen MR) is 215 cm³/mol. The van der Waals surface area contributed by atoms with E-state index in [4.69, 9.17) is 0 Å². The number of rotatable bonds is 6. The number of carbonyl (C=O) groups is 4. The molecule has 0 spiro atoms. The molecular weight excluding hydrogens is 782 g/mol. The number of hydrogen-bond acceptors (Lipinski definition) is 11. The van der Waals surface area contributed by atoms with Gasteiger partial charge >= 0.3 is 6.03 Å². The van der Waals surface area contributed by atoms with Crippen LogP contribution in [0.1, 0.15) is 55.5 Å². The highest BCUT2D eigenvalue weighted by Crippen LogP contribution is 2.43. The van der Waals surface area contributed by atoms with Crippen LogP contribution >= 0.6 is 0 Å². The highest BCUT2D eigenvalue weighted by Gasteiger charge is 2.54. The number of anilines is 3. The van der Waals surface area contributed by atoms with E-state index in [9.17, 15) is 28.7 Å². The van der Waals surface area contributed by atoms with Gasteiger partial charge in [-0.05, 0) is 74.9 Å². The molecule has 0 radical (unpaired) electrons. The van der Waals surface area contributed by atoms with Gasteiger partial charge in [-0.25, -0.2) is 18.0 Å². The second-order valence-electron chi connectivity index (χ2n) is 17.6. The number of phenolic OH excluding ortho intramolecular Hbond substituents is 1. The Labute approximate surface area is 345 Å². The van der Waals surface area contributed by atoms with Gasteiger partial charge in [-0.2, -0.15) is 0 Å². The van der Waals surface area contributed by atoms with Gasteiger partial charge in [-0.3, -0.25) is 24.6 Å². The number of hydrogen-bond donors (Lipinski definition) is 3. The van der Waals surface area contributed by atoms with Crippen LogP contribution in [0.15, 0.2) is 42.5 Å². The molecule has 4 fully saturated rings. The van der Waals surface area contributed by atoms with Gasteiger partial charge in [0.1, 0.15) is 11.6 Å². The smallest absolute Gasteiger partial charge is 0.320 e. The number of piperidine rings is 2. The van der Waals surface area contributed by atoms with Crippen LogP contribution in [-0.4, -0.2) is 148 Å². The van der Waals surface area contributed by atoms with Crippen LogP contribution in [0.2, 0.25) is 0 Å². The summed E-state index contributed by atoms with van der Waals surface area (Å²) in [5, 5.41) is 24.0. The number of alkyl halides is 2. The van der Waals surface area contributed by atoms with Crippen LogP contribution in [0, 0.1) is 11.7 Å². The summed E-state index contributed by atoms with van der Waals surface area (Å²) in [7, 11) is 0. The minimum Gasteiger partial charge on any atom is -0.504 e. The Balaban J connectivity index is 0.803. The highest BCUT2D eigenvalue weighted by atomic mass is 19.3. The van der Waals surface area contributed by atoms with Crippen LogP contribution in [0.3, 0.4) is 0 Å². The number of nitrogens with one attached hydrogen (secondary N) is 2. The van der Waals surface area contributed by atoms with Crippen molar-refractivity contribution >= 4 is 40.9 Å². The maximum Gasteiger partial charge on any atom is 0.320 e. The number of carbonyl (C=O) groups excluding carboxylic acids is 4. The predicted octanol–water partition coefficient (Wildman–Crippen LogP) is 3.73. The molecule has 4 saturated heterocycles.